The van der Waals surface area contributed by atoms with Gasteiger partial charge in [-0.3, -0.25) is 9.97 Å². The van der Waals surface area contributed by atoms with Crippen LogP contribution < -0.4 is 10.2 Å². The molecule has 0 radical (unpaired) electrons. The van der Waals surface area contributed by atoms with Crippen molar-refractivity contribution in [1.29, 1.82) is 0 Å². The first-order valence-electron chi connectivity index (χ1n) is 7.64. The summed E-state index contributed by atoms with van der Waals surface area (Å²) < 4.78 is 0.976. The van der Waals surface area contributed by atoms with Crippen LogP contribution in [0.3, 0.4) is 0 Å². The smallest absolute Gasteiger partial charge is 0.112 e. The van der Waals surface area contributed by atoms with E-state index in [1.807, 2.05) is 18.5 Å². The van der Waals surface area contributed by atoms with Crippen LogP contribution in [0.15, 0.2) is 29.0 Å². The van der Waals surface area contributed by atoms with Crippen molar-refractivity contribution in [3.05, 3.63) is 29.0 Å². The molecule has 112 valence electrons. The summed E-state index contributed by atoms with van der Waals surface area (Å²) in [5.41, 5.74) is 3.18. The lowest BCUT2D eigenvalue weighted by atomic mass is 9.96. The normalized spacial score (nSPS) is 16.6. The highest BCUT2D eigenvalue weighted by Gasteiger charge is 2.20. The number of anilines is 1. The van der Waals surface area contributed by atoms with Gasteiger partial charge in [0.25, 0.3) is 0 Å². The summed E-state index contributed by atoms with van der Waals surface area (Å²) in [6.07, 6.45) is 6.22. The molecule has 1 aliphatic heterocycles. The van der Waals surface area contributed by atoms with Crippen molar-refractivity contribution in [2.45, 2.75) is 19.8 Å². The van der Waals surface area contributed by atoms with Crippen molar-refractivity contribution in [1.82, 2.24) is 15.3 Å². The fraction of sp³-hybridized carbons (Fsp3) is 0.500. The highest BCUT2D eigenvalue weighted by atomic mass is 79.9. The van der Waals surface area contributed by atoms with Gasteiger partial charge in [0, 0.05) is 30.0 Å². The zero-order valence-electron chi connectivity index (χ0n) is 12.3. The van der Waals surface area contributed by atoms with E-state index in [1.54, 1.807) is 0 Å². The molecule has 0 bridgehead atoms. The second-order valence-electron chi connectivity index (χ2n) is 5.59. The molecular weight excluding hydrogens is 328 g/mol. The van der Waals surface area contributed by atoms with E-state index in [-0.39, 0.29) is 0 Å². The first-order chi connectivity index (χ1) is 10.3. The average molecular weight is 349 g/mol. The fourth-order valence-electron chi connectivity index (χ4n) is 2.97. The van der Waals surface area contributed by atoms with E-state index in [1.165, 1.54) is 18.5 Å². The third-order valence-electron chi connectivity index (χ3n) is 4.16. The number of rotatable bonds is 4. The predicted octanol–water partition coefficient (Wildman–Crippen LogP) is 3.22. The maximum atomic E-state index is 4.56. The van der Waals surface area contributed by atoms with E-state index in [9.17, 15) is 0 Å². The molecule has 1 saturated heterocycles. The molecule has 0 unspecified atom stereocenters. The maximum Gasteiger partial charge on any atom is 0.112 e. The van der Waals surface area contributed by atoms with Crippen molar-refractivity contribution in [2.24, 2.45) is 5.92 Å². The molecule has 1 fully saturated rings. The summed E-state index contributed by atoms with van der Waals surface area (Å²) in [4.78, 5) is 11.4. The van der Waals surface area contributed by atoms with Gasteiger partial charge >= 0.3 is 0 Å². The molecule has 0 saturated carbocycles. The number of hydrogen-bond acceptors (Lipinski definition) is 4. The number of halogens is 1. The van der Waals surface area contributed by atoms with Crippen molar-refractivity contribution < 1.29 is 0 Å². The summed E-state index contributed by atoms with van der Waals surface area (Å²) in [6, 6.07) is 4.12. The predicted molar refractivity (Wildman–Crippen MR) is 90.7 cm³/mol. The molecular formula is C16H21BrN4. The molecule has 1 N–H and O–H groups in total. The highest BCUT2D eigenvalue weighted by molar-refractivity contribution is 9.10. The van der Waals surface area contributed by atoms with E-state index in [2.05, 4.69) is 49.1 Å². The Labute approximate surface area is 134 Å². The van der Waals surface area contributed by atoms with Crippen LogP contribution in [0.5, 0.6) is 0 Å². The van der Waals surface area contributed by atoms with Crippen molar-refractivity contribution in [2.75, 3.05) is 31.1 Å². The lowest BCUT2D eigenvalue weighted by molar-refractivity contribution is 0.387. The Bertz CT molecular complexity index is 608. The lowest BCUT2D eigenvalue weighted by Crippen LogP contribution is -2.37. The summed E-state index contributed by atoms with van der Waals surface area (Å²) >= 11 is 3.46. The zero-order chi connectivity index (χ0) is 14.7. The van der Waals surface area contributed by atoms with Crippen molar-refractivity contribution in [3.8, 4) is 0 Å². The third kappa shape index (κ3) is 3.35. The molecule has 0 spiro atoms. The quantitative estimate of drug-likeness (QED) is 0.920. The van der Waals surface area contributed by atoms with Gasteiger partial charge in [0.1, 0.15) is 5.52 Å². The van der Waals surface area contributed by atoms with E-state index in [4.69, 9.17) is 0 Å². The molecule has 2 aromatic rings. The number of piperidine rings is 1. The monoisotopic (exact) mass is 348 g/mol. The van der Waals surface area contributed by atoms with Gasteiger partial charge in [-0.2, -0.15) is 0 Å². The van der Waals surface area contributed by atoms with Crippen LogP contribution in [0, 0.1) is 5.92 Å². The number of nitrogens with one attached hydrogen (secondary N) is 1. The van der Waals surface area contributed by atoms with Gasteiger partial charge in [0.05, 0.1) is 11.2 Å². The molecule has 0 aliphatic carbocycles. The van der Waals surface area contributed by atoms with Gasteiger partial charge in [-0.05, 0) is 59.9 Å². The van der Waals surface area contributed by atoms with Crippen LogP contribution in [0.25, 0.3) is 11.0 Å². The third-order valence-corrected chi connectivity index (χ3v) is 4.59. The fourth-order valence-corrected chi connectivity index (χ4v) is 3.29. The second kappa shape index (κ2) is 6.71. The Kier molecular flexibility index (Phi) is 4.70. The summed E-state index contributed by atoms with van der Waals surface area (Å²) in [5, 5.41) is 3.46. The number of hydrogen-bond donors (Lipinski definition) is 1. The molecule has 1 aliphatic rings. The molecule has 3 heterocycles. The second-order valence-corrected chi connectivity index (χ2v) is 6.51. The van der Waals surface area contributed by atoms with Crippen molar-refractivity contribution in [3.63, 3.8) is 0 Å². The topological polar surface area (TPSA) is 41.0 Å². The van der Waals surface area contributed by atoms with Crippen molar-refractivity contribution >= 4 is 32.7 Å². The number of pyridine rings is 2. The van der Waals surface area contributed by atoms with E-state index in [0.29, 0.717) is 0 Å². The van der Waals surface area contributed by atoms with Gasteiger partial charge in [-0.1, -0.05) is 6.92 Å². The molecule has 0 amide bonds. The molecule has 0 atom stereocenters. The Morgan fingerprint density at radius 3 is 2.90 bits per heavy atom. The number of nitrogens with zero attached hydrogens (tertiary/aromatic N) is 3. The van der Waals surface area contributed by atoms with Gasteiger partial charge in [0.15, 0.2) is 0 Å². The summed E-state index contributed by atoms with van der Waals surface area (Å²) in [5.74, 6) is 0.802. The average Bonchev–Trinajstić information content (AvgIpc) is 2.52. The number of fused-ring (bicyclic) bond motifs is 1. The summed E-state index contributed by atoms with van der Waals surface area (Å²) in [6.45, 7) is 6.59. The van der Waals surface area contributed by atoms with Gasteiger partial charge in [-0.15, -0.1) is 0 Å². The largest absolute Gasteiger partial charge is 0.370 e. The lowest BCUT2D eigenvalue weighted by Gasteiger charge is -2.34. The van der Waals surface area contributed by atoms with E-state index in [0.717, 1.165) is 47.6 Å². The van der Waals surface area contributed by atoms with Gasteiger partial charge in [0.2, 0.25) is 0 Å². The molecule has 5 heteroatoms. The van der Waals surface area contributed by atoms with Crippen LogP contribution in [0.4, 0.5) is 5.69 Å². The van der Waals surface area contributed by atoms with Crippen LogP contribution in [0.2, 0.25) is 0 Å². The standard InChI is InChI=1S/C16H21BrN4/c1-2-18-10-12-4-7-21(8-5-12)15-3-6-19-14-9-13(17)11-20-16(14)15/h3,6,9,11-12,18H,2,4-5,7-8,10H2,1H3. The van der Waals surface area contributed by atoms with Gasteiger partial charge < -0.3 is 10.2 Å². The Morgan fingerprint density at radius 1 is 1.33 bits per heavy atom. The minimum absolute atomic E-state index is 0.802. The molecule has 21 heavy (non-hydrogen) atoms. The number of aromatic nitrogens is 2. The first-order valence-corrected chi connectivity index (χ1v) is 8.43. The van der Waals surface area contributed by atoms with Crippen LogP contribution in [-0.2, 0) is 0 Å². The van der Waals surface area contributed by atoms with Gasteiger partial charge in [-0.25, -0.2) is 0 Å². The van der Waals surface area contributed by atoms with Crippen LogP contribution in [-0.4, -0.2) is 36.1 Å². The Balaban J connectivity index is 1.76. The summed E-state index contributed by atoms with van der Waals surface area (Å²) in [7, 11) is 0. The Hall–Kier alpha value is -1.20. The SMILES string of the molecule is CCNCC1CCN(c2ccnc3cc(Br)cnc23)CC1. The van der Waals surface area contributed by atoms with E-state index >= 15 is 0 Å². The van der Waals surface area contributed by atoms with E-state index < -0.39 is 0 Å². The van der Waals surface area contributed by atoms with Crippen LogP contribution in [0.1, 0.15) is 19.8 Å². The maximum absolute atomic E-state index is 4.56. The zero-order valence-corrected chi connectivity index (χ0v) is 13.9. The first kappa shape index (κ1) is 14.7. The molecule has 4 nitrogen and oxygen atoms in total. The minimum atomic E-state index is 0.802. The highest BCUT2D eigenvalue weighted by Crippen LogP contribution is 2.28. The molecule has 2 aromatic heterocycles. The molecule has 0 aromatic carbocycles. The Morgan fingerprint density at radius 2 is 2.14 bits per heavy atom. The molecule has 3 rings (SSSR count). The minimum Gasteiger partial charge on any atom is -0.370 e. The van der Waals surface area contributed by atoms with Crippen LogP contribution >= 0.6 is 15.9 Å².